The molecule has 0 spiro atoms. The average molecular weight is 450 g/mol. The monoisotopic (exact) mass is 449 g/mol. The van der Waals surface area contributed by atoms with Crippen molar-refractivity contribution in [2.24, 2.45) is 13.0 Å². The Morgan fingerprint density at radius 3 is 2.78 bits per heavy atom. The number of halogens is 1. The molecule has 32 heavy (non-hydrogen) atoms. The Morgan fingerprint density at radius 2 is 2.03 bits per heavy atom. The first-order chi connectivity index (χ1) is 15.4. The number of benzene rings is 2. The Morgan fingerprint density at radius 1 is 1.22 bits per heavy atom. The first-order valence-corrected chi connectivity index (χ1v) is 11.0. The van der Waals surface area contributed by atoms with Gasteiger partial charge in [-0.15, -0.1) is 0 Å². The third kappa shape index (κ3) is 3.84. The molecule has 1 aliphatic heterocycles. The number of amides is 2. The van der Waals surface area contributed by atoms with Crippen molar-refractivity contribution in [3.05, 3.63) is 69.9 Å². The van der Waals surface area contributed by atoms with E-state index in [2.05, 4.69) is 15.7 Å². The average Bonchev–Trinajstić information content (AvgIpc) is 3.58. The lowest BCUT2D eigenvalue weighted by Gasteiger charge is -2.24. The van der Waals surface area contributed by atoms with Crippen molar-refractivity contribution in [3.8, 4) is 0 Å². The molecule has 164 valence electrons. The summed E-state index contributed by atoms with van der Waals surface area (Å²) in [5, 5.41) is 11.3. The molecule has 0 unspecified atom stereocenters. The zero-order valence-electron chi connectivity index (χ0n) is 18.0. The van der Waals surface area contributed by atoms with E-state index in [1.54, 1.807) is 21.8 Å². The van der Waals surface area contributed by atoms with Crippen molar-refractivity contribution < 1.29 is 9.59 Å². The summed E-state index contributed by atoms with van der Waals surface area (Å²) in [5.74, 6) is 1.03. The van der Waals surface area contributed by atoms with Crippen molar-refractivity contribution in [2.45, 2.75) is 32.9 Å². The molecule has 2 aliphatic rings. The first kappa shape index (κ1) is 20.6. The van der Waals surface area contributed by atoms with E-state index >= 15 is 0 Å². The van der Waals surface area contributed by atoms with Gasteiger partial charge in [0.1, 0.15) is 5.82 Å². The molecule has 1 aromatic heterocycles. The lowest BCUT2D eigenvalue weighted by molar-refractivity contribution is -0.122. The van der Waals surface area contributed by atoms with Gasteiger partial charge in [-0.2, -0.15) is 5.10 Å². The molecule has 1 fully saturated rings. The van der Waals surface area contributed by atoms with Gasteiger partial charge in [0.2, 0.25) is 5.91 Å². The molecule has 1 saturated carbocycles. The highest BCUT2D eigenvalue weighted by molar-refractivity contribution is 6.31. The number of nitrogens with zero attached hydrogens (tertiary/aromatic N) is 3. The van der Waals surface area contributed by atoms with Gasteiger partial charge in [0.05, 0.1) is 24.1 Å². The topological polar surface area (TPSA) is 79.3 Å². The summed E-state index contributed by atoms with van der Waals surface area (Å²) in [5.41, 5.74) is 4.90. The van der Waals surface area contributed by atoms with Gasteiger partial charge < -0.3 is 15.5 Å². The van der Waals surface area contributed by atoms with Crippen LogP contribution in [0, 0.1) is 12.8 Å². The van der Waals surface area contributed by atoms with Crippen molar-refractivity contribution in [1.29, 1.82) is 0 Å². The van der Waals surface area contributed by atoms with E-state index in [4.69, 9.17) is 11.6 Å². The van der Waals surface area contributed by atoms with Crippen LogP contribution in [0.3, 0.4) is 0 Å². The molecule has 5 rings (SSSR count). The summed E-state index contributed by atoms with van der Waals surface area (Å²) in [6, 6.07) is 11.2. The second kappa shape index (κ2) is 7.98. The molecule has 0 saturated heterocycles. The van der Waals surface area contributed by atoms with Crippen molar-refractivity contribution in [2.75, 3.05) is 10.2 Å². The Hall–Kier alpha value is -3.32. The third-order valence-corrected chi connectivity index (χ3v) is 6.26. The molecule has 0 radical (unpaired) electrons. The fourth-order valence-corrected chi connectivity index (χ4v) is 4.24. The van der Waals surface area contributed by atoms with Crippen molar-refractivity contribution in [1.82, 2.24) is 15.1 Å². The largest absolute Gasteiger partial charge is 0.352 e. The van der Waals surface area contributed by atoms with Crippen LogP contribution in [0.5, 0.6) is 0 Å². The van der Waals surface area contributed by atoms with E-state index in [9.17, 15) is 9.59 Å². The van der Waals surface area contributed by atoms with Crippen LogP contribution < -0.4 is 15.5 Å². The number of carbonyl (C=O) groups is 2. The number of nitrogens with one attached hydrogen (secondary N) is 2. The second-order valence-electron chi connectivity index (χ2n) is 8.46. The number of fused-ring (bicyclic) bond motifs is 2. The molecule has 2 N–H and O–H groups in total. The van der Waals surface area contributed by atoms with E-state index in [0.29, 0.717) is 23.7 Å². The summed E-state index contributed by atoms with van der Waals surface area (Å²) < 4.78 is 1.75. The first-order valence-electron chi connectivity index (χ1n) is 10.7. The number of aromatic nitrogens is 2. The van der Waals surface area contributed by atoms with Gasteiger partial charge in [-0.25, -0.2) is 0 Å². The van der Waals surface area contributed by atoms with E-state index in [1.807, 2.05) is 44.3 Å². The minimum absolute atomic E-state index is 0.0989. The van der Waals surface area contributed by atoms with Crippen LogP contribution in [0.1, 0.15) is 39.9 Å². The quantitative estimate of drug-likeness (QED) is 0.622. The summed E-state index contributed by atoms with van der Waals surface area (Å²) in [6.07, 6.45) is 3.73. The number of anilines is 3. The molecular formula is C24H24ClN5O2. The van der Waals surface area contributed by atoms with Gasteiger partial charge in [-0.3, -0.25) is 14.3 Å². The van der Waals surface area contributed by atoms with Gasteiger partial charge >= 0.3 is 0 Å². The normalized spacial score (nSPS) is 14.8. The molecule has 1 aliphatic carbocycles. The standard InChI is InChI=1S/C24H24ClN5O2/c1-14-9-15(11-26-23(31)16-4-5-16)3-7-19(14)24(32)30-13-17-12-27-29(2)22(17)28-20-10-18(25)6-8-21(20)30/h3,6-10,12,16,28H,4-5,11,13H2,1-2H3,(H,26,31). The van der Waals surface area contributed by atoms with Crippen LogP contribution >= 0.6 is 11.6 Å². The van der Waals surface area contributed by atoms with Crippen molar-refractivity contribution >= 4 is 40.6 Å². The highest BCUT2D eigenvalue weighted by atomic mass is 35.5. The summed E-state index contributed by atoms with van der Waals surface area (Å²) in [7, 11) is 1.86. The maximum absolute atomic E-state index is 13.7. The highest BCUT2D eigenvalue weighted by Gasteiger charge is 2.30. The lowest BCUT2D eigenvalue weighted by Crippen LogP contribution is -2.30. The van der Waals surface area contributed by atoms with E-state index in [0.717, 1.165) is 46.7 Å². The molecule has 2 heterocycles. The van der Waals surface area contributed by atoms with Crippen molar-refractivity contribution in [3.63, 3.8) is 0 Å². The Balaban J connectivity index is 1.44. The molecule has 2 amide bonds. The SMILES string of the molecule is Cc1cc(CNC(=O)C2CC2)ccc1C(=O)N1Cc2cnn(C)c2Nc2cc(Cl)ccc21. The minimum Gasteiger partial charge on any atom is -0.352 e. The number of carbonyl (C=O) groups excluding carboxylic acids is 2. The Labute approximate surface area is 191 Å². The van der Waals surface area contributed by atoms with Crippen LogP contribution in [-0.2, 0) is 24.9 Å². The Bertz CT molecular complexity index is 1230. The van der Waals surface area contributed by atoms with Crippen LogP contribution in [0.2, 0.25) is 5.02 Å². The lowest BCUT2D eigenvalue weighted by atomic mass is 10.0. The molecular weight excluding hydrogens is 426 g/mol. The number of hydrogen-bond donors (Lipinski definition) is 2. The van der Waals surface area contributed by atoms with Gasteiger partial charge in [-0.05, 0) is 55.2 Å². The van der Waals surface area contributed by atoms with E-state index < -0.39 is 0 Å². The molecule has 0 bridgehead atoms. The number of hydrogen-bond acceptors (Lipinski definition) is 4. The zero-order valence-corrected chi connectivity index (χ0v) is 18.7. The molecule has 7 nitrogen and oxygen atoms in total. The minimum atomic E-state index is -0.0989. The van der Waals surface area contributed by atoms with Gasteiger partial charge in [-0.1, -0.05) is 23.7 Å². The maximum Gasteiger partial charge on any atom is 0.258 e. The summed E-state index contributed by atoms with van der Waals surface area (Å²) in [4.78, 5) is 27.4. The van der Waals surface area contributed by atoms with Crippen LogP contribution in [0.25, 0.3) is 0 Å². The molecule has 0 atom stereocenters. The van der Waals surface area contributed by atoms with Crippen LogP contribution in [0.15, 0.2) is 42.6 Å². The molecule has 2 aromatic carbocycles. The predicted molar refractivity (Wildman–Crippen MR) is 124 cm³/mol. The van der Waals surface area contributed by atoms with Gasteiger partial charge in [0.15, 0.2) is 0 Å². The number of aryl methyl sites for hydroxylation is 2. The van der Waals surface area contributed by atoms with E-state index in [1.165, 1.54) is 0 Å². The second-order valence-corrected chi connectivity index (χ2v) is 8.90. The van der Waals surface area contributed by atoms with Gasteiger partial charge in [0, 0.05) is 35.7 Å². The van der Waals surface area contributed by atoms with Gasteiger partial charge in [0.25, 0.3) is 5.91 Å². The summed E-state index contributed by atoms with van der Waals surface area (Å²) >= 11 is 6.24. The van der Waals surface area contributed by atoms with Crippen LogP contribution in [-0.4, -0.2) is 21.6 Å². The zero-order chi connectivity index (χ0) is 22.4. The van der Waals surface area contributed by atoms with E-state index in [-0.39, 0.29) is 17.7 Å². The summed E-state index contributed by atoms with van der Waals surface area (Å²) in [6.45, 7) is 2.79. The number of rotatable bonds is 4. The fourth-order valence-electron chi connectivity index (χ4n) is 4.07. The highest BCUT2D eigenvalue weighted by Crippen LogP contribution is 2.38. The Kier molecular flexibility index (Phi) is 5.13. The molecule has 3 aromatic rings. The van der Waals surface area contributed by atoms with Crippen LogP contribution in [0.4, 0.5) is 17.2 Å². The fraction of sp³-hybridized carbons (Fsp3) is 0.292. The smallest absolute Gasteiger partial charge is 0.258 e. The molecule has 8 heteroatoms. The third-order valence-electron chi connectivity index (χ3n) is 6.03. The predicted octanol–water partition coefficient (Wildman–Crippen LogP) is 4.31. The maximum atomic E-state index is 13.7.